The topological polar surface area (TPSA) is 52.2 Å². The van der Waals surface area contributed by atoms with Crippen molar-refractivity contribution in [1.29, 1.82) is 0 Å². The van der Waals surface area contributed by atoms with Gasteiger partial charge in [0.15, 0.2) is 0 Å². The molecule has 5 heteroatoms. The number of aromatic nitrogens is 2. The number of aromatic amines is 1. The maximum atomic E-state index is 12.3. The van der Waals surface area contributed by atoms with Gasteiger partial charge in [0.1, 0.15) is 0 Å². The molecule has 1 aliphatic carbocycles. The van der Waals surface area contributed by atoms with E-state index in [1.54, 1.807) is 6.20 Å². The number of likely N-dealkylation sites (tertiary alicyclic amines) is 1. The second kappa shape index (κ2) is 5.33. The van der Waals surface area contributed by atoms with E-state index in [0.717, 1.165) is 31.6 Å². The van der Waals surface area contributed by atoms with Crippen LogP contribution in [-0.2, 0) is 4.79 Å². The molecule has 0 spiro atoms. The number of hydrogen-bond donors (Lipinski definition) is 1. The summed E-state index contributed by atoms with van der Waals surface area (Å²) in [6.07, 6.45) is 6.52. The van der Waals surface area contributed by atoms with Gasteiger partial charge in [-0.3, -0.25) is 14.8 Å². The first kappa shape index (κ1) is 12.7. The third kappa shape index (κ3) is 2.97. The number of H-pyrrole nitrogens is 1. The first-order chi connectivity index (χ1) is 9.24. The Morgan fingerprint density at radius 2 is 2.37 bits per heavy atom. The van der Waals surface area contributed by atoms with E-state index in [1.807, 2.05) is 11.0 Å². The number of carbonyl (C=O) groups is 1. The quantitative estimate of drug-likeness (QED) is 0.887. The van der Waals surface area contributed by atoms with Gasteiger partial charge in [-0.1, -0.05) is 0 Å². The van der Waals surface area contributed by atoms with E-state index in [9.17, 15) is 4.79 Å². The Hall–Kier alpha value is -1.36. The number of likely N-dealkylation sites (N-methyl/N-ethyl adjacent to an activating group) is 1. The van der Waals surface area contributed by atoms with Gasteiger partial charge in [-0.2, -0.15) is 5.10 Å². The molecule has 0 radical (unpaired) electrons. The Morgan fingerprint density at radius 1 is 1.53 bits per heavy atom. The normalized spacial score (nSPS) is 23.9. The van der Waals surface area contributed by atoms with Crippen LogP contribution in [0.4, 0.5) is 0 Å². The molecule has 1 saturated carbocycles. The molecule has 1 saturated heterocycles. The van der Waals surface area contributed by atoms with Gasteiger partial charge in [-0.25, -0.2) is 0 Å². The monoisotopic (exact) mass is 262 g/mol. The van der Waals surface area contributed by atoms with E-state index in [2.05, 4.69) is 22.1 Å². The first-order valence-corrected chi connectivity index (χ1v) is 7.21. The van der Waals surface area contributed by atoms with Crippen molar-refractivity contribution >= 4 is 5.91 Å². The SMILES string of the molecule is CN(CC(=O)N1CCC[C@@H](c2ccn[nH]2)C1)C1CC1. The minimum Gasteiger partial charge on any atom is -0.341 e. The molecule has 2 heterocycles. The van der Waals surface area contributed by atoms with Crippen molar-refractivity contribution in [3.63, 3.8) is 0 Å². The highest BCUT2D eigenvalue weighted by Crippen LogP contribution is 2.27. The van der Waals surface area contributed by atoms with Crippen molar-refractivity contribution in [3.8, 4) is 0 Å². The predicted molar refractivity (Wildman–Crippen MR) is 72.8 cm³/mol. The number of nitrogens with zero attached hydrogens (tertiary/aromatic N) is 3. The lowest BCUT2D eigenvalue weighted by Gasteiger charge is -2.33. The van der Waals surface area contributed by atoms with Gasteiger partial charge in [0.25, 0.3) is 0 Å². The largest absolute Gasteiger partial charge is 0.341 e. The van der Waals surface area contributed by atoms with Crippen LogP contribution in [0.2, 0.25) is 0 Å². The van der Waals surface area contributed by atoms with Gasteiger partial charge < -0.3 is 4.90 Å². The molecule has 5 nitrogen and oxygen atoms in total. The van der Waals surface area contributed by atoms with Crippen LogP contribution in [0.5, 0.6) is 0 Å². The summed E-state index contributed by atoms with van der Waals surface area (Å²) in [5.41, 5.74) is 1.16. The molecule has 2 fully saturated rings. The summed E-state index contributed by atoms with van der Waals surface area (Å²) in [5, 5.41) is 7.05. The number of amides is 1. The van der Waals surface area contributed by atoms with Crippen LogP contribution in [-0.4, -0.2) is 58.6 Å². The number of hydrogen-bond acceptors (Lipinski definition) is 3. The first-order valence-electron chi connectivity index (χ1n) is 7.21. The molecule has 1 amide bonds. The molecule has 1 N–H and O–H groups in total. The highest BCUT2D eigenvalue weighted by atomic mass is 16.2. The average Bonchev–Trinajstić information content (AvgIpc) is 3.14. The summed E-state index contributed by atoms with van der Waals surface area (Å²) in [6, 6.07) is 2.67. The molecule has 2 aliphatic rings. The lowest BCUT2D eigenvalue weighted by atomic mass is 9.95. The molecule has 1 aromatic rings. The van der Waals surface area contributed by atoms with E-state index < -0.39 is 0 Å². The van der Waals surface area contributed by atoms with Crippen LogP contribution in [0.3, 0.4) is 0 Å². The summed E-state index contributed by atoms with van der Waals surface area (Å²) < 4.78 is 0. The summed E-state index contributed by atoms with van der Waals surface area (Å²) in [4.78, 5) is 16.5. The van der Waals surface area contributed by atoms with Gasteiger partial charge in [0, 0.05) is 36.9 Å². The van der Waals surface area contributed by atoms with Crippen molar-refractivity contribution in [2.45, 2.75) is 37.6 Å². The number of piperidine rings is 1. The van der Waals surface area contributed by atoms with E-state index in [0.29, 0.717) is 18.5 Å². The second-order valence-electron chi connectivity index (χ2n) is 5.84. The highest BCUT2D eigenvalue weighted by molar-refractivity contribution is 5.78. The molecule has 3 rings (SSSR count). The lowest BCUT2D eigenvalue weighted by molar-refractivity contribution is -0.133. The minimum absolute atomic E-state index is 0.276. The summed E-state index contributed by atoms with van der Waals surface area (Å²) in [5.74, 6) is 0.699. The molecular formula is C14H22N4O. The van der Waals surface area contributed by atoms with Crippen molar-refractivity contribution in [2.75, 3.05) is 26.7 Å². The number of nitrogens with one attached hydrogen (secondary N) is 1. The van der Waals surface area contributed by atoms with Crippen molar-refractivity contribution in [1.82, 2.24) is 20.0 Å². The smallest absolute Gasteiger partial charge is 0.236 e. The molecule has 0 unspecified atom stereocenters. The maximum Gasteiger partial charge on any atom is 0.236 e. The second-order valence-corrected chi connectivity index (χ2v) is 5.84. The third-order valence-corrected chi connectivity index (χ3v) is 4.29. The fraction of sp³-hybridized carbons (Fsp3) is 0.714. The van der Waals surface area contributed by atoms with E-state index >= 15 is 0 Å². The molecule has 19 heavy (non-hydrogen) atoms. The van der Waals surface area contributed by atoms with Crippen LogP contribution in [0.15, 0.2) is 12.3 Å². The van der Waals surface area contributed by atoms with Gasteiger partial charge in [-0.05, 0) is 38.8 Å². The van der Waals surface area contributed by atoms with Crippen molar-refractivity contribution < 1.29 is 4.79 Å². The summed E-state index contributed by atoms with van der Waals surface area (Å²) in [6.45, 7) is 2.31. The van der Waals surface area contributed by atoms with Gasteiger partial charge in [0.05, 0.1) is 6.54 Å². The number of rotatable bonds is 4. The van der Waals surface area contributed by atoms with E-state index in [1.165, 1.54) is 12.8 Å². The Kier molecular flexibility index (Phi) is 3.55. The highest BCUT2D eigenvalue weighted by Gasteiger charge is 2.30. The zero-order chi connectivity index (χ0) is 13.2. The van der Waals surface area contributed by atoms with Crippen LogP contribution >= 0.6 is 0 Å². The Morgan fingerprint density at radius 3 is 3.05 bits per heavy atom. The number of carbonyl (C=O) groups excluding carboxylic acids is 1. The maximum absolute atomic E-state index is 12.3. The van der Waals surface area contributed by atoms with Crippen LogP contribution in [0, 0.1) is 0 Å². The van der Waals surface area contributed by atoms with Gasteiger partial charge >= 0.3 is 0 Å². The zero-order valence-corrected chi connectivity index (χ0v) is 11.5. The average molecular weight is 262 g/mol. The zero-order valence-electron chi connectivity index (χ0n) is 11.5. The standard InChI is InChI=1S/C14H22N4O/c1-17(12-4-5-12)10-14(19)18-8-2-3-11(9-18)13-6-7-15-16-13/h6-7,11-12H,2-5,8-10H2,1H3,(H,15,16)/t11-/m1/s1. The summed E-state index contributed by atoms with van der Waals surface area (Å²) >= 11 is 0. The van der Waals surface area contributed by atoms with E-state index in [4.69, 9.17) is 0 Å². The van der Waals surface area contributed by atoms with E-state index in [-0.39, 0.29) is 5.91 Å². The third-order valence-electron chi connectivity index (χ3n) is 4.29. The Bertz CT molecular complexity index is 427. The fourth-order valence-electron chi connectivity index (χ4n) is 2.91. The predicted octanol–water partition coefficient (Wildman–Crippen LogP) is 1.21. The van der Waals surface area contributed by atoms with Crippen LogP contribution < -0.4 is 0 Å². The van der Waals surface area contributed by atoms with Crippen LogP contribution in [0.1, 0.15) is 37.3 Å². The molecule has 104 valence electrons. The lowest BCUT2D eigenvalue weighted by Crippen LogP contribution is -2.44. The molecule has 1 aliphatic heterocycles. The Balaban J connectivity index is 1.56. The molecule has 1 atom stereocenters. The van der Waals surface area contributed by atoms with Gasteiger partial charge in [-0.15, -0.1) is 0 Å². The van der Waals surface area contributed by atoms with Crippen LogP contribution in [0.25, 0.3) is 0 Å². The molecule has 1 aromatic heterocycles. The minimum atomic E-state index is 0.276. The van der Waals surface area contributed by atoms with Gasteiger partial charge in [0.2, 0.25) is 5.91 Å². The molecule has 0 bridgehead atoms. The molecular weight excluding hydrogens is 240 g/mol. The van der Waals surface area contributed by atoms with Crippen molar-refractivity contribution in [2.24, 2.45) is 0 Å². The fourth-order valence-corrected chi connectivity index (χ4v) is 2.91. The molecule has 0 aromatic carbocycles. The van der Waals surface area contributed by atoms with Crippen molar-refractivity contribution in [3.05, 3.63) is 18.0 Å². The summed E-state index contributed by atoms with van der Waals surface area (Å²) in [7, 11) is 2.06. The Labute approximate surface area is 114 Å².